The van der Waals surface area contributed by atoms with E-state index >= 15 is 0 Å². The highest BCUT2D eigenvalue weighted by Gasteiger charge is 2.16. The molecule has 7 heteroatoms. The molecular formula is C22H21Cl2FN4. The lowest BCUT2D eigenvalue weighted by Gasteiger charge is -2.19. The second-order valence-corrected chi connectivity index (χ2v) is 8.07. The number of benzene rings is 2. The van der Waals surface area contributed by atoms with Gasteiger partial charge in [0, 0.05) is 12.5 Å². The van der Waals surface area contributed by atoms with E-state index in [4.69, 9.17) is 28.5 Å². The maximum atomic E-state index is 14.5. The predicted octanol–water partition coefficient (Wildman–Crippen LogP) is 6.87. The van der Waals surface area contributed by atoms with Crippen LogP contribution in [0.5, 0.6) is 0 Å². The van der Waals surface area contributed by atoms with Crippen LogP contribution in [0.3, 0.4) is 0 Å². The van der Waals surface area contributed by atoms with Gasteiger partial charge in [0.15, 0.2) is 0 Å². The van der Waals surface area contributed by atoms with Gasteiger partial charge in [0.1, 0.15) is 23.5 Å². The number of fused-ring (bicyclic) bond motifs is 1. The van der Waals surface area contributed by atoms with Crippen molar-refractivity contribution in [2.75, 3.05) is 5.32 Å². The number of nitrogens with zero attached hydrogens (tertiary/aromatic N) is 3. The quantitative estimate of drug-likeness (QED) is 0.443. The van der Waals surface area contributed by atoms with Crippen molar-refractivity contribution < 1.29 is 4.39 Å². The van der Waals surface area contributed by atoms with E-state index in [2.05, 4.69) is 28.3 Å². The van der Waals surface area contributed by atoms with E-state index in [0.29, 0.717) is 33.6 Å². The van der Waals surface area contributed by atoms with Crippen molar-refractivity contribution in [2.24, 2.45) is 5.92 Å². The van der Waals surface area contributed by atoms with Crippen molar-refractivity contribution in [2.45, 2.75) is 39.2 Å². The summed E-state index contributed by atoms with van der Waals surface area (Å²) in [7, 11) is 0. The molecule has 0 aliphatic heterocycles. The molecule has 1 heterocycles. The van der Waals surface area contributed by atoms with Crippen molar-refractivity contribution in [1.29, 1.82) is 5.26 Å². The lowest BCUT2D eigenvalue weighted by molar-refractivity contribution is 0.498. The highest BCUT2D eigenvalue weighted by molar-refractivity contribution is 6.42. The summed E-state index contributed by atoms with van der Waals surface area (Å²) in [5.41, 5.74) is 1.82. The smallest absolute Gasteiger partial charge is 0.149 e. The summed E-state index contributed by atoms with van der Waals surface area (Å²) >= 11 is 12.2. The van der Waals surface area contributed by atoms with Gasteiger partial charge >= 0.3 is 0 Å². The van der Waals surface area contributed by atoms with E-state index in [1.54, 1.807) is 18.2 Å². The molecule has 0 aliphatic rings. The third-order valence-corrected chi connectivity index (χ3v) is 5.62. The molecule has 1 unspecified atom stereocenters. The third-order valence-electron chi connectivity index (χ3n) is 4.89. The third kappa shape index (κ3) is 4.95. The standard InChI is InChI=1S/C22H21Cl2FN4/c1-13(9-10-26)3-4-14(2)29-22-20-16(15-5-7-17(23)18(24)11-15)6-8-19(25)21(20)27-12-28-22/h5-8,11-14H,3-4,9H2,1-2H3,(H,27,28,29)/t13?,14-/m0/s1. The molecule has 0 aliphatic carbocycles. The summed E-state index contributed by atoms with van der Waals surface area (Å²) in [4.78, 5) is 8.53. The van der Waals surface area contributed by atoms with Crippen molar-refractivity contribution in [1.82, 2.24) is 9.97 Å². The average molecular weight is 431 g/mol. The molecule has 3 aromatic rings. The Labute approximate surface area is 179 Å². The topological polar surface area (TPSA) is 61.6 Å². The summed E-state index contributed by atoms with van der Waals surface area (Å²) < 4.78 is 14.5. The first-order valence-corrected chi connectivity index (χ1v) is 10.2. The van der Waals surface area contributed by atoms with Gasteiger partial charge in [-0.15, -0.1) is 0 Å². The van der Waals surface area contributed by atoms with Crippen LogP contribution in [0.4, 0.5) is 10.2 Å². The van der Waals surface area contributed by atoms with Gasteiger partial charge in [0.05, 0.1) is 21.5 Å². The molecule has 4 nitrogen and oxygen atoms in total. The van der Waals surface area contributed by atoms with Crippen LogP contribution < -0.4 is 5.32 Å². The van der Waals surface area contributed by atoms with E-state index in [1.165, 1.54) is 12.4 Å². The van der Waals surface area contributed by atoms with Crippen LogP contribution >= 0.6 is 23.2 Å². The van der Waals surface area contributed by atoms with Gasteiger partial charge < -0.3 is 5.32 Å². The number of anilines is 1. The van der Waals surface area contributed by atoms with Crippen LogP contribution in [0.1, 0.15) is 33.1 Å². The first kappa shape index (κ1) is 21.3. The Hall–Kier alpha value is -2.42. The Morgan fingerprint density at radius 1 is 1.10 bits per heavy atom. The second kappa shape index (κ2) is 9.39. The molecule has 0 spiro atoms. The first-order valence-electron chi connectivity index (χ1n) is 9.42. The van der Waals surface area contributed by atoms with Crippen LogP contribution in [-0.4, -0.2) is 16.0 Å². The molecule has 0 saturated heterocycles. The van der Waals surface area contributed by atoms with Gasteiger partial charge in [-0.3, -0.25) is 0 Å². The minimum absolute atomic E-state index is 0.0964. The molecule has 3 rings (SSSR count). The van der Waals surface area contributed by atoms with Gasteiger partial charge in [-0.25, -0.2) is 14.4 Å². The molecule has 0 fully saturated rings. The Bertz CT molecular complexity index is 1060. The van der Waals surface area contributed by atoms with Crippen molar-refractivity contribution in [3.63, 3.8) is 0 Å². The molecule has 29 heavy (non-hydrogen) atoms. The van der Waals surface area contributed by atoms with Gasteiger partial charge in [-0.2, -0.15) is 5.26 Å². The number of nitriles is 1. The zero-order valence-electron chi connectivity index (χ0n) is 16.2. The molecule has 0 radical (unpaired) electrons. The number of hydrogen-bond donors (Lipinski definition) is 1. The van der Waals surface area contributed by atoms with Crippen LogP contribution in [0, 0.1) is 23.1 Å². The van der Waals surface area contributed by atoms with Crippen molar-refractivity contribution >= 4 is 39.9 Å². The van der Waals surface area contributed by atoms with Crippen molar-refractivity contribution in [3.05, 3.63) is 52.5 Å². The van der Waals surface area contributed by atoms with Gasteiger partial charge in [0.25, 0.3) is 0 Å². The lowest BCUT2D eigenvalue weighted by atomic mass is 9.98. The fourth-order valence-corrected chi connectivity index (χ4v) is 3.55. The predicted molar refractivity (Wildman–Crippen MR) is 117 cm³/mol. The number of aromatic nitrogens is 2. The normalized spacial score (nSPS) is 13.1. The number of rotatable bonds is 7. The molecular weight excluding hydrogens is 410 g/mol. The van der Waals surface area contributed by atoms with Crippen LogP contribution in [0.2, 0.25) is 10.0 Å². The fourth-order valence-electron chi connectivity index (χ4n) is 3.25. The van der Waals surface area contributed by atoms with E-state index in [0.717, 1.165) is 24.0 Å². The maximum absolute atomic E-state index is 14.5. The summed E-state index contributed by atoms with van der Waals surface area (Å²) in [6.07, 6.45) is 3.68. The number of nitrogens with one attached hydrogen (secondary N) is 1. The SMILES string of the molecule is CC(CC#N)CC[C@H](C)Nc1ncnc2c(F)ccc(-c3ccc(Cl)c(Cl)c3)c12. The van der Waals surface area contributed by atoms with Gasteiger partial charge in [-0.05, 0) is 55.0 Å². The Kier molecular flexibility index (Phi) is 6.89. The minimum atomic E-state index is -0.412. The van der Waals surface area contributed by atoms with E-state index < -0.39 is 5.82 Å². The molecule has 1 N–H and O–H groups in total. The number of halogens is 3. The molecule has 2 aromatic carbocycles. The summed E-state index contributed by atoms with van der Waals surface area (Å²) in [6.45, 7) is 4.11. The first-order chi connectivity index (χ1) is 13.9. The second-order valence-electron chi connectivity index (χ2n) is 7.26. The Morgan fingerprint density at radius 2 is 1.90 bits per heavy atom. The maximum Gasteiger partial charge on any atom is 0.149 e. The highest BCUT2D eigenvalue weighted by atomic mass is 35.5. The van der Waals surface area contributed by atoms with Crippen LogP contribution in [0.15, 0.2) is 36.7 Å². The zero-order chi connectivity index (χ0) is 21.0. The minimum Gasteiger partial charge on any atom is -0.367 e. The Balaban J connectivity index is 1.99. The molecule has 150 valence electrons. The fraction of sp³-hybridized carbons (Fsp3) is 0.318. The van der Waals surface area contributed by atoms with Gasteiger partial charge in [0.2, 0.25) is 0 Å². The summed E-state index contributed by atoms with van der Waals surface area (Å²) in [5, 5.41) is 13.7. The van der Waals surface area contributed by atoms with Gasteiger partial charge in [-0.1, -0.05) is 42.3 Å². The molecule has 2 atom stereocenters. The summed E-state index contributed by atoms with van der Waals surface area (Å²) in [6, 6.07) is 10.7. The lowest BCUT2D eigenvalue weighted by Crippen LogP contribution is -2.17. The molecule has 0 amide bonds. The summed E-state index contributed by atoms with van der Waals surface area (Å²) in [5.74, 6) is 0.483. The van der Waals surface area contributed by atoms with Crippen LogP contribution in [0.25, 0.3) is 22.0 Å². The molecule has 0 saturated carbocycles. The zero-order valence-corrected chi connectivity index (χ0v) is 17.7. The largest absolute Gasteiger partial charge is 0.367 e. The number of hydrogen-bond acceptors (Lipinski definition) is 4. The van der Waals surface area contributed by atoms with Crippen LogP contribution in [-0.2, 0) is 0 Å². The van der Waals surface area contributed by atoms with E-state index in [1.807, 2.05) is 13.0 Å². The van der Waals surface area contributed by atoms with E-state index in [-0.39, 0.29) is 11.6 Å². The monoisotopic (exact) mass is 430 g/mol. The Morgan fingerprint density at radius 3 is 2.62 bits per heavy atom. The average Bonchev–Trinajstić information content (AvgIpc) is 2.70. The van der Waals surface area contributed by atoms with Crippen molar-refractivity contribution in [3.8, 4) is 17.2 Å². The van der Waals surface area contributed by atoms with E-state index in [9.17, 15) is 4.39 Å². The molecule has 0 bridgehead atoms. The highest BCUT2D eigenvalue weighted by Crippen LogP contribution is 2.36. The molecule has 1 aromatic heterocycles.